The van der Waals surface area contributed by atoms with E-state index in [1.807, 2.05) is 0 Å². The quantitative estimate of drug-likeness (QED) is 0.646. The number of hydrogen-bond acceptors (Lipinski definition) is 5. The largest absolute Gasteiger partial charge is 0.351 e. The minimum atomic E-state index is -1.05. The second-order valence-corrected chi connectivity index (χ2v) is 9.68. The monoisotopic (exact) mass is 444 g/mol. The maximum atomic E-state index is 13.2. The molecule has 1 saturated carbocycles. The van der Waals surface area contributed by atoms with Crippen molar-refractivity contribution in [1.82, 2.24) is 30.2 Å². The fourth-order valence-corrected chi connectivity index (χ4v) is 5.03. The lowest BCUT2D eigenvalue weighted by atomic mass is 9.95. The lowest BCUT2D eigenvalue weighted by Gasteiger charge is -2.41. The van der Waals surface area contributed by atoms with E-state index in [9.17, 15) is 14.4 Å². The lowest BCUT2D eigenvalue weighted by molar-refractivity contribution is -0.133. The summed E-state index contributed by atoms with van der Waals surface area (Å²) in [5.74, 6) is -0.734. The average Bonchev–Trinajstić information content (AvgIpc) is 3.37. The Morgan fingerprint density at radius 2 is 1.81 bits per heavy atom. The summed E-state index contributed by atoms with van der Waals surface area (Å²) in [4.78, 5) is 42.7. The molecule has 3 aliphatic rings. The Morgan fingerprint density at radius 1 is 1.12 bits per heavy atom. The molecule has 0 unspecified atom stereocenters. The highest BCUT2D eigenvalue weighted by molar-refractivity contribution is 6.01. The van der Waals surface area contributed by atoms with Gasteiger partial charge in [-0.25, -0.2) is 0 Å². The second-order valence-electron chi connectivity index (χ2n) is 9.68. The van der Waals surface area contributed by atoms with E-state index in [2.05, 4.69) is 20.6 Å². The van der Waals surface area contributed by atoms with Crippen LogP contribution in [0.4, 0.5) is 0 Å². The molecule has 0 radical (unpaired) electrons. The molecule has 0 aromatic carbocycles. The third-order valence-electron chi connectivity index (χ3n) is 7.33. The zero-order valence-corrected chi connectivity index (χ0v) is 19.4. The van der Waals surface area contributed by atoms with Crippen molar-refractivity contribution in [2.45, 2.75) is 76.4 Å². The molecule has 2 N–H and O–H groups in total. The highest BCUT2D eigenvalue weighted by Gasteiger charge is 2.46. The van der Waals surface area contributed by atoms with Crippen molar-refractivity contribution in [2.75, 3.05) is 33.2 Å². The van der Waals surface area contributed by atoms with Gasteiger partial charge in [0.2, 0.25) is 5.91 Å². The van der Waals surface area contributed by atoms with Crippen molar-refractivity contribution < 1.29 is 14.4 Å². The van der Waals surface area contributed by atoms with E-state index in [1.54, 1.807) is 14.0 Å². The van der Waals surface area contributed by atoms with Gasteiger partial charge in [-0.1, -0.05) is 25.7 Å². The molecule has 2 aliphatic heterocycles. The number of amides is 3. The summed E-state index contributed by atoms with van der Waals surface area (Å²) in [7, 11) is 1.65. The van der Waals surface area contributed by atoms with Crippen LogP contribution in [-0.4, -0.2) is 82.1 Å². The van der Waals surface area contributed by atoms with Crippen molar-refractivity contribution in [3.8, 4) is 0 Å². The Balaban J connectivity index is 1.42. The predicted molar refractivity (Wildman–Crippen MR) is 120 cm³/mol. The molecule has 0 bridgehead atoms. The van der Waals surface area contributed by atoms with Crippen LogP contribution in [0.15, 0.2) is 6.07 Å². The van der Waals surface area contributed by atoms with Crippen LogP contribution in [0.3, 0.4) is 0 Å². The number of aromatic nitrogens is 2. The normalized spacial score (nSPS) is 24.8. The van der Waals surface area contributed by atoms with Crippen molar-refractivity contribution in [3.05, 3.63) is 17.5 Å². The van der Waals surface area contributed by atoms with E-state index in [4.69, 9.17) is 0 Å². The first-order valence-corrected chi connectivity index (χ1v) is 12.1. The maximum Gasteiger partial charge on any atom is 0.272 e. The molecule has 1 atom stereocenters. The van der Waals surface area contributed by atoms with Crippen LogP contribution in [0, 0.1) is 0 Å². The number of carbonyl (C=O) groups excluding carboxylic acids is 3. The first-order chi connectivity index (χ1) is 15.4. The topological polar surface area (TPSA) is 99.6 Å². The third kappa shape index (κ3) is 4.67. The Kier molecular flexibility index (Phi) is 6.83. The molecule has 176 valence electrons. The van der Waals surface area contributed by atoms with Crippen LogP contribution in [0.5, 0.6) is 0 Å². The third-order valence-corrected chi connectivity index (χ3v) is 7.33. The molecule has 1 aromatic rings. The van der Waals surface area contributed by atoms with Crippen molar-refractivity contribution in [2.24, 2.45) is 0 Å². The van der Waals surface area contributed by atoms with Crippen LogP contribution in [0.2, 0.25) is 0 Å². The van der Waals surface area contributed by atoms with Crippen molar-refractivity contribution in [1.29, 1.82) is 0 Å². The number of carbonyl (C=O) groups is 3. The van der Waals surface area contributed by atoms with E-state index in [-0.39, 0.29) is 36.0 Å². The van der Waals surface area contributed by atoms with Gasteiger partial charge in [0.1, 0.15) is 11.2 Å². The number of nitrogens with zero attached hydrogens (tertiary/aromatic N) is 4. The smallest absolute Gasteiger partial charge is 0.272 e. The zero-order chi connectivity index (χ0) is 22.7. The van der Waals surface area contributed by atoms with Gasteiger partial charge in [0, 0.05) is 32.2 Å². The number of likely N-dealkylation sites (N-methyl/N-ethyl adjacent to an activating group) is 1. The van der Waals surface area contributed by atoms with Gasteiger partial charge in [0.25, 0.3) is 11.8 Å². The molecule has 1 aromatic heterocycles. The van der Waals surface area contributed by atoms with Gasteiger partial charge < -0.3 is 20.4 Å². The van der Waals surface area contributed by atoms with E-state index in [0.29, 0.717) is 12.2 Å². The molecule has 1 aliphatic carbocycles. The van der Waals surface area contributed by atoms with Gasteiger partial charge in [-0.05, 0) is 45.7 Å². The first-order valence-electron chi connectivity index (χ1n) is 12.1. The molecule has 32 heavy (non-hydrogen) atoms. The summed E-state index contributed by atoms with van der Waals surface area (Å²) in [6.07, 6.45) is 9.05. The molecule has 4 rings (SSSR count). The number of hydrogen-bond donors (Lipinski definition) is 2. The fraction of sp³-hybridized carbons (Fsp3) is 0.739. The molecule has 3 heterocycles. The highest BCUT2D eigenvalue weighted by Crippen LogP contribution is 2.27. The summed E-state index contributed by atoms with van der Waals surface area (Å²) in [5, 5.41) is 10.5. The van der Waals surface area contributed by atoms with Crippen molar-refractivity contribution >= 4 is 17.7 Å². The van der Waals surface area contributed by atoms with Crippen LogP contribution < -0.4 is 10.6 Å². The molecule has 9 nitrogen and oxygen atoms in total. The summed E-state index contributed by atoms with van der Waals surface area (Å²) >= 11 is 0. The Bertz CT molecular complexity index is 854. The van der Waals surface area contributed by atoms with Crippen LogP contribution in [0.1, 0.15) is 79.3 Å². The van der Waals surface area contributed by atoms with Crippen LogP contribution >= 0.6 is 0 Å². The minimum absolute atomic E-state index is 0.154. The molecular weight excluding hydrogens is 408 g/mol. The molecule has 2 fully saturated rings. The molecular formula is C23H36N6O3. The molecule has 9 heteroatoms. The SMILES string of the molecule is CN1C(=O)c2cc(C(=O)NCCN3CCCC3)nn2C[C@@]1(C)C(=O)NC1CCCCCC1. The van der Waals surface area contributed by atoms with Gasteiger partial charge in [-0.3, -0.25) is 19.1 Å². The summed E-state index contributed by atoms with van der Waals surface area (Å²) in [6.45, 7) is 5.53. The number of fused-ring (bicyclic) bond motifs is 1. The average molecular weight is 445 g/mol. The van der Waals surface area contributed by atoms with Gasteiger partial charge >= 0.3 is 0 Å². The van der Waals surface area contributed by atoms with Crippen molar-refractivity contribution in [3.63, 3.8) is 0 Å². The number of rotatable bonds is 6. The molecule has 3 amide bonds. The first kappa shape index (κ1) is 22.8. The molecule has 0 spiro atoms. The van der Waals surface area contributed by atoms with Crippen LogP contribution in [0.25, 0.3) is 0 Å². The Hall–Kier alpha value is -2.42. The Morgan fingerprint density at radius 3 is 2.50 bits per heavy atom. The zero-order valence-electron chi connectivity index (χ0n) is 19.4. The van der Waals surface area contributed by atoms with Gasteiger partial charge in [-0.2, -0.15) is 5.10 Å². The van der Waals surface area contributed by atoms with Gasteiger partial charge in [0.05, 0.1) is 6.54 Å². The second kappa shape index (κ2) is 9.60. The summed E-state index contributed by atoms with van der Waals surface area (Å²) in [5.41, 5.74) is -0.486. The number of nitrogens with one attached hydrogen (secondary N) is 2. The Labute approximate surface area is 189 Å². The lowest BCUT2D eigenvalue weighted by Crippen LogP contribution is -2.63. The maximum absolute atomic E-state index is 13.2. The minimum Gasteiger partial charge on any atom is -0.351 e. The van der Waals surface area contributed by atoms with E-state index in [1.165, 1.54) is 41.3 Å². The number of likely N-dealkylation sites (tertiary alicyclic amines) is 1. The fourth-order valence-electron chi connectivity index (χ4n) is 5.03. The van der Waals surface area contributed by atoms with E-state index in [0.717, 1.165) is 45.3 Å². The highest BCUT2D eigenvalue weighted by atomic mass is 16.2. The molecule has 1 saturated heterocycles. The predicted octanol–water partition coefficient (Wildman–Crippen LogP) is 1.39. The van der Waals surface area contributed by atoms with Crippen LogP contribution in [-0.2, 0) is 11.3 Å². The van der Waals surface area contributed by atoms with Gasteiger partial charge in [-0.15, -0.1) is 0 Å². The van der Waals surface area contributed by atoms with Gasteiger partial charge in [0.15, 0.2) is 5.69 Å². The van der Waals surface area contributed by atoms with E-state index < -0.39 is 5.54 Å². The van der Waals surface area contributed by atoms with E-state index >= 15 is 0 Å². The summed E-state index contributed by atoms with van der Waals surface area (Å²) < 4.78 is 1.52. The standard InChI is InChI=1S/C23H36N6O3/c1-23(22(32)25-17-9-5-3-4-6-10-17)16-29-19(21(31)27(23)2)15-18(26-29)20(30)24-11-14-28-12-7-8-13-28/h15,17H,3-14,16H2,1-2H3,(H,24,30)(H,25,32)/t23-/m0/s1. The summed E-state index contributed by atoms with van der Waals surface area (Å²) in [6, 6.07) is 1.69.